The van der Waals surface area contributed by atoms with Gasteiger partial charge >= 0.3 is 0 Å². The molecule has 0 atom stereocenters. The fourth-order valence-electron chi connectivity index (χ4n) is 1.84. The molecule has 4 nitrogen and oxygen atoms in total. The molecule has 0 bridgehead atoms. The summed E-state index contributed by atoms with van der Waals surface area (Å²) in [5, 5.41) is 6.07. The molecular weight excluding hydrogens is 156 g/mol. The van der Waals surface area contributed by atoms with Gasteiger partial charge in [0.25, 0.3) is 5.91 Å². The van der Waals surface area contributed by atoms with Crippen molar-refractivity contribution in [1.82, 2.24) is 10.6 Å². The largest absolute Gasteiger partial charge is 0.363 e. The quantitative estimate of drug-likeness (QED) is 0.503. The highest BCUT2D eigenvalue weighted by Gasteiger charge is 2.42. The van der Waals surface area contributed by atoms with Crippen LogP contribution < -0.4 is 10.6 Å². The molecule has 0 aromatic carbocycles. The lowest BCUT2D eigenvalue weighted by atomic mass is 9.90. The Morgan fingerprint density at radius 3 is 2.67 bits per heavy atom. The summed E-state index contributed by atoms with van der Waals surface area (Å²) < 4.78 is 5.57. The van der Waals surface area contributed by atoms with E-state index in [0.717, 1.165) is 25.9 Å². The van der Waals surface area contributed by atoms with Crippen molar-refractivity contribution in [1.29, 1.82) is 0 Å². The summed E-state index contributed by atoms with van der Waals surface area (Å²) in [5.74, 6) is 0.0789. The van der Waals surface area contributed by atoms with E-state index >= 15 is 0 Å². The van der Waals surface area contributed by atoms with Gasteiger partial charge in [-0.3, -0.25) is 4.79 Å². The average Bonchev–Trinajstić information content (AvgIpc) is 2.12. The highest BCUT2D eigenvalue weighted by atomic mass is 16.5. The normalized spacial score (nSPS) is 28.5. The minimum Gasteiger partial charge on any atom is -0.363 e. The lowest BCUT2D eigenvalue weighted by Gasteiger charge is -2.38. The standard InChI is InChI=1S/C8H14N2O2/c11-7-8(12-6-5-10-7)1-3-9-4-2-8/h9H,1-6H2,(H,10,11). The summed E-state index contributed by atoms with van der Waals surface area (Å²) in [6.07, 6.45) is 1.61. The van der Waals surface area contributed by atoms with Gasteiger partial charge in [0.05, 0.1) is 6.61 Å². The van der Waals surface area contributed by atoms with E-state index < -0.39 is 5.60 Å². The molecule has 2 aliphatic rings. The van der Waals surface area contributed by atoms with Gasteiger partial charge in [-0.25, -0.2) is 0 Å². The minimum atomic E-state index is -0.497. The summed E-state index contributed by atoms with van der Waals surface area (Å²) in [6.45, 7) is 3.08. The van der Waals surface area contributed by atoms with E-state index in [2.05, 4.69) is 10.6 Å². The zero-order valence-electron chi connectivity index (χ0n) is 7.06. The predicted molar refractivity (Wildman–Crippen MR) is 43.8 cm³/mol. The van der Waals surface area contributed by atoms with E-state index in [4.69, 9.17) is 4.74 Å². The maximum absolute atomic E-state index is 11.5. The molecule has 2 aliphatic heterocycles. The first kappa shape index (κ1) is 8.01. The van der Waals surface area contributed by atoms with Gasteiger partial charge in [0.15, 0.2) is 0 Å². The molecule has 68 valence electrons. The van der Waals surface area contributed by atoms with Crippen LogP contribution in [0.2, 0.25) is 0 Å². The lowest BCUT2D eigenvalue weighted by Crippen LogP contribution is -2.58. The van der Waals surface area contributed by atoms with Crippen LogP contribution in [0, 0.1) is 0 Å². The van der Waals surface area contributed by atoms with Crippen LogP contribution in [-0.2, 0) is 9.53 Å². The van der Waals surface area contributed by atoms with E-state index in [0.29, 0.717) is 13.2 Å². The van der Waals surface area contributed by atoms with Crippen LogP contribution in [0.15, 0.2) is 0 Å². The number of amides is 1. The Labute approximate surface area is 71.7 Å². The maximum atomic E-state index is 11.5. The molecule has 2 N–H and O–H groups in total. The van der Waals surface area contributed by atoms with E-state index in [9.17, 15) is 4.79 Å². The van der Waals surface area contributed by atoms with Crippen LogP contribution in [0.1, 0.15) is 12.8 Å². The molecule has 1 amide bonds. The summed E-state index contributed by atoms with van der Waals surface area (Å²) in [4.78, 5) is 11.5. The van der Waals surface area contributed by atoms with Crippen LogP contribution in [0.3, 0.4) is 0 Å². The number of hydrogen-bond donors (Lipinski definition) is 2. The Bertz CT molecular complexity index is 179. The molecule has 0 aromatic heterocycles. The lowest BCUT2D eigenvalue weighted by molar-refractivity contribution is -0.158. The molecule has 0 aliphatic carbocycles. The summed E-state index contributed by atoms with van der Waals surface area (Å²) >= 11 is 0. The molecule has 0 saturated carbocycles. The van der Waals surface area contributed by atoms with Gasteiger partial charge in [0.2, 0.25) is 0 Å². The monoisotopic (exact) mass is 170 g/mol. The van der Waals surface area contributed by atoms with Crippen LogP contribution in [0.4, 0.5) is 0 Å². The zero-order valence-corrected chi connectivity index (χ0v) is 7.06. The molecule has 12 heavy (non-hydrogen) atoms. The van der Waals surface area contributed by atoms with Crippen molar-refractivity contribution in [3.63, 3.8) is 0 Å². The summed E-state index contributed by atoms with van der Waals surface area (Å²) in [7, 11) is 0. The van der Waals surface area contributed by atoms with Gasteiger partial charge < -0.3 is 15.4 Å². The fourth-order valence-corrected chi connectivity index (χ4v) is 1.84. The van der Waals surface area contributed by atoms with Crippen molar-refractivity contribution >= 4 is 5.91 Å². The van der Waals surface area contributed by atoms with Gasteiger partial charge in [0.1, 0.15) is 5.60 Å². The maximum Gasteiger partial charge on any atom is 0.252 e. The predicted octanol–water partition coefficient (Wildman–Crippen LogP) is -0.745. The van der Waals surface area contributed by atoms with Crippen LogP contribution >= 0.6 is 0 Å². The van der Waals surface area contributed by atoms with Crippen molar-refractivity contribution in [3.05, 3.63) is 0 Å². The number of carbonyl (C=O) groups excluding carboxylic acids is 1. The molecular formula is C8H14N2O2. The Hall–Kier alpha value is -0.610. The minimum absolute atomic E-state index is 0.0789. The van der Waals surface area contributed by atoms with Crippen molar-refractivity contribution in [2.45, 2.75) is 18.4 Å². The van der Waals surface area contributed by atoms with Gasteiger partial charge in [-0.15, -0.1) is 0 Å². The average molecular weight is 170 g/mol. The Balaban J connectivity index is 2.09. The van der Waals surface area contributed by atoms with Crippen LogP contribution in [-0.4, -0.2) is 37.7 Å². The number of ether oxygens (including phenoxy) is 1. The van der Waals surface area contributed by atoms with E-state index in [-0.39, 0.29) is 5.91 Å². The SMILES string of the molecule is O=C1NCCOC12CCNCC2. The van der Waals surface area contributed by atoms with Crippen molar-refractivity contribution in [2.24, 2.45) is 0 Å². The number of nitrogens with one attached hydrogen (secondary N) is 2. The summed E-state index contributed by atoms with van der Waals surface area (Å²) in [6, 6.07) is 0. The molecule has 0 aromatic rings. The Kier molecular flexibility index (Phi) is 2.02. The number of piperidine rings is 1. The smallest absolute Gasteiger partial charge is 0.252 e. The van der Waals surface area contributed by atoms with Crippen LogP contribution in [0.25, 0.3) is 0 Å². The fraction of sp³-hybridized carbons (Fsp3) is 0.875. The molecule has 1 spiro atoms. The number of hydrogen-bond acceptors (Lipinski definition) is 3. The second kappa shape index (κ2) is 3.03. The molecule has 2 rings (SSSR count). The van der Waals surface area contributed by atoms with Gasteiger partial charge in [-0.05, 0) is 25.9 Å². The first-order chi connectivity index (χ1) is 5.83. The molecule has 4 heteroatoms. The molecule has 2 heterocycles. The molecule has 0 unspecified atom stereocenters. The van der Waals surface area contributed by atoms with Crippen molar-refractivity contribution in [2.75, 3.05) is 26.2 Å². The third-order valence-electron chi connectivity index (χ3n) is 2.59. The highest BCUT2D eigenvalue weighted by molar-refractivity contribution is 5.85. The zero-order chi connectivity index (χ0) is 8.44. The second-order valence-electron chi connectivity index (χ2n) is 3.35. The summed E-state index contributed by atoms with van der Waals surface area (Å²) in [5.41, 5.74) is -0.497. The first-order valence-corrected chi connectivity index (χ1v) is 4.46. The highest BCUT2D eigenvalue weighted by Crippen LogP contribution is 2.24. The van der Waals surface area contributed by atoms with E-state index in [1.54, 1.807) is 0 Å². The molecule has 0 radical (unpaired) electrons. The first-order valence-electron chi connectivity index (χ1n) is 4.46. The van der Waals surface area contributed by atoms with Crippen molar-refractivity contribution in [3.8, 4) is 0 Å². The van der Waals surface area contributed by atoms with Gasteiger partial charge in [-0.2, -0.15) is 0 Å². The third-order valence-corrected chi connectivity index (χ3v) is 2.59. The van der Waals surface area contributed by atoms with E-state index in [1.807, 2.05) is 0 Å². The second-order valence-corrected chi connectivity index (χ2v) is 3.35. The molecule has 2 fully saturated rings. The Morgan fingerprint density at radius 2 is 2.00 bits per heavy atom. The Morgan fingerprint density at radius 1 is 1.25 bits per heavy atom. The van der Waals surface area contributed by atoms with Gasteiger partial charge in [-0.1, -0.05) is 0 Å². The van der Waals surface area contributed by atoms with Crippen LogP contribution in [0.5, 0.6) is 0 Å². The van der Waals surface area contributed by atoms with Gasteiger partial charge in [0, 0.05) is 6.54 Å². The molecule has 2 saturated heterocycles. The number of morpholine rings is 1. The van der Waals surface area contributed by atoms with E-state index in [1.165, 1.54) is 0 Å². The van der Waals surface area contributed by atoms with Crippen molar-refractivity contribution < 1.29 is 9.53 Å². The topological polar surface area (TPSA) is 50.4 Å². The number of rotatable bonds is 0. The third kappa shape index (κ3) is 1.21. The number of carbonyl (C=O) groups is 1.